The van der Waals surface area contributed by atoms with Crippen LogP contribution in [0.15, 0.2) is 9.64 Å². The van der Waals surface area contributed by atoms with Crippen LogP contribution in [0, 0.1) is 13.8 Å². The fourth-order valence-corrected chi connectivity index (χ4v) is 1.52. The van der Waals surface area contributed by atoms with Crippen LogP contribution in [0.25, 0.3) is 0 Å². The minimum absolute atomic E-state index is 0.0440. The average molecular weight is 229 g/mol. The van der Waals surface area contributed by atoms with E-state index in [1.165, 1.54) is 0 Å². The summed E-state index contributed by atoms with van der Waals surface area (Å²) in [5.74, 6) is 0.288. The number of hydrogen-bond acceptors (Lipinski definition) is 5. The van der Waals surface area contributed by atoms with E-state index in [9.17, 15) is 9.59 Å². The highest BCUT2D eigenvalue weighted by molar-refractivity contribution is 7.99. The van der Waals surface area contributed by atoms with Crippen LogP contribution in [-0.2, 0) is 4.79 Å². The molecule has 6 nitrogen and oxygen atoms in total. The summed E-state index contributed by atoms with van der Waals surface area (Å²) in [5.41, 5.74) is 5.56. The molecule has 7 heteroatoms. The fourth-order valence-electron chi connectivity index (χ4n) is 0.806. The topological polar surface area (TPSA) is 98.2 Å². The number of rotatable bonds is 3. The van der Waals surface area contributed by atoms with Crippen molar-refractivity contribution >= 4 is 23.7 Å². The van der Waals surface area contributed by atoms with Gasteiger partial charge in [-0.15, -0.1) is 0 Å². The van der Waals surface area contributed by atoms with Crippen LogP contribution in [0.4, 0.5) is 4.79 Å². The number of imide groups is 1. The Bertz CT molecular complexity index is 369. The molecule has 0 saturated heterocycles. The number of nitrogens with one attached hydrogen (secondary N) is 1. The van der Waals surface area contributed by atoms with Crippen LogP contribution in [0.5, 0.6) is 0 Å². The molecule has 1 heterocycles. The van der Waals surface area contributed by atoms with Crippen molar-refractivity contribution in [3.63, 3.8) is 0 Å². The van der Waals surface area contributed by atoms with Gasteiger partial charge in [-0.05, 0) is 13.8 Å². The number of urea groups is 1. The smallest absolute Gasteiger partial charge is 0.318 e. The van der Waals surface area contributed by atoms with Gasteiger partial charge < -0.3 is 10.2 Å². The highest BCUT2D eigenvalue weighted by Gasteiger charge is 2.10. The van der Waals surface area contributed by atoms with Gasteiger partial charge in [-0.2, -0.15) is 0 Å². The number of nitrogens with zero attached hydrogens (tertiary/aromatic N) is 1. The Labute approximate surface area is 90.6 Å². The van der Waals surface area contributed by atoms with Gasteiger partial charge >= 0.3 is 6.03 Å². The van der Waals surface area contributed by atoms with Gasteiger partial charge in [0.2, 0.25) is 5.91 Å². The van der Waals surface area contributed by atoms with Crippen LogP contribution in [0.2, 0.25) is 0 Å². The van der Waals surface area contributed by atoms with Crippen molar-refractivity contribution in [2.24, 2.45) is 5.73 Å². The van der Waals surface area contributed by atoms with Gasteiger partial charge in [-0.1, -0.05) is 11.8 Å². The zero-order chi connectivity index (χ0) is 11.4. The number of amides is 3. The number of carbonyl (C=O) groups excluding carboxylic acids is 2. The maximum atomic E-state index is 11.0. The highest BCUT2D eigenvalue weighted by atomic mass is 32.2. The normalized spacial score (nSPS) is 10.0. The number of hydrogen-bond donors (Lipinski definition) is 2. The van der Waals surface area contributed by atoms with E-state index >= 15 is 0 Å². The zero-order valence-electron chi connectivity index (χ0n) is 8.36. The van der Waals surface area contributed by atoms with Crippen molar-refractivity contribution in [1.82, 2.24) is 10.3 Å². The summed E-state index contributed by atoms with van der Waals surface area (Å²) in [4.78, 5) is 25.4. The lowest BCUT2D eigenvalue weighted by Crippen LogP contribution is -2.36. The lowest BCUT2D eigenvalue weighted by molar-refractivity contribution is -0.117. The third-order valence-corrected chi connectivity index (χ3v) is 2.43. The van der Waals surface area contributed by atoms with E-state index < -0.39 is 11.9 Å². The molecule has 82 valence electrons. The number of primary amides is 1. The molecule has 0 atom stereocenters. The summed E-state index contributed by atoms with van der Waals surface area (Å²) in [6, 6.07) is -0.861. The van der Waals surface area contributed by atoms with Crippen molar-refractivity contribution in [3.8, 4) is 0 Å². The van der Waals surface area contributed by atoms with Gasteiger partial charge in [0, 0.05) is 0 Å². The van der Waals surface area contributed by atoms with Crippen LogP contribution < -0.4 is 11.1 Å². The predicted molar refractivity (Wildman–Crippen MR) is 54.4 cm³/mol. The lowest BCUT2D eigenvalue weighted by Gasteiger charge is -1.97. The molecule has 0 saturated carbocycles. The Hall–Kier alpha value is -1.50. The SMILES string of the molecule is Cc1nc(SCC(=O)NC(N)=O)oc1C. The second kappa shape index (κ2) is 4.83. The molecule has 0 radical (unpaired) electrons. The molecule has 1 aromatic rings. The highest BCUT2D eigenvalue weighted by Crippen LogP contribution is 2.19. The third kappa shape index (κ3) is 3.62. The molecular formula is C8H11N3O3S. The Balaban J connectivity index is 2.43. The molecule has 1 rings (SSSR count). The number of aromatic nitrogens is 1. The Morgan fingerprint density at radius 2 is 2.20 bits per heavy atom. The van der Waals surface area contributed by atoms with Crippen molar-refractivity contribution < 1.29 is 14.0 Å². The first-order valence-electron chi connectivity index (χ1n) is 4.15. The van der Waals surface area contributed by atoms with Gasteiger partial charge in [0.15, 0.2) is 0 Å². The fraction of sp³-hybridized carbons (Fsp3) is 0.375. The van der Waals surface area contributed by atoms with E-state index in [1.807, 2.05) is 12.2 Å². The molecule has 1 aromatic heterocycles. The number of thioether (sulfide) groups is 1. The first-order valence-corrected chi connectivity index (χ1v) is 5.13. The van der Waals surface area contributed by atoms with Gasteiger partial charge in [-0.25, -0.2) is 9.78 Å². The summed E-state index contributed by atoms with van der Waals surface area (Å²) in [6.07, 6.45) is 0. The molecule has 0 unspecified atom stereocenters. The number of nitrogens with two attached hydrogens (primary N) is 1. The quantitative estimate of drug-likeness (QED) is 0.739. The maximum Gasteiger partial charge on any atom is 0.318 e. The second-order valence-corrected chi connectivity index (χ2v) is 3.75. The van der Waals surface area contributed by atoms with Gasteiger partial charge in [0.25, 0.3) is 5.22 Å². The number of oxazole rings is 1. The number of aryl methyl sites for hydroxylation is 2. The van der Waals surface area contributed by atoms with Crippen molar-refractivity contribution in [1.29, 1.82) is 0 Å². The summed E-state index contributed by atoms with van der Waals surface area (Å²) in [7, 11) is 0. The Morgan fingerprint density at radius 3 is 2.67 bits per heavy atom. The second-order valence-electron chi connectivity index (χ2n) is 2.82. The first-order chi connectivity index (χ1) is 6.99. The van der Waals surface area contributed by atoms with Gasteiger partial charge in [0.1, 0.15) is 5.76 Å². The van der Waals surface area contributed by atoms with Crippen LogP contribution in [-0.4, -0.2) is 22.7 Å². The monoisotopic (exact) mass is 229 g/mol. The van der Waals surface area contributed by atoms with Gasteiger partial charge in [0.05, 0.1) is 11.4 Å². The van der Waals surface area contributed by atoms with E-state index in [0.29, 0.717) is 11.0 Å². The molecule has 0 aliphatic carbocycles. The van der Waals surface area contributed by atoms with Crippen molar-refractivity contribution in [2.45, 2.75) is 19.1 Å². The third-order valence-electron chi connectivity index (χ3n) is 1.60. The molecule has 0 spiro atoms. The van der Waals surface area contributed by atoms with E-state index in [-0.39, 0.29) is 5.75 Å². The maximum absolute atomic E-state index is 11.0. The largest absolute Gasteiger partial charge is 0.437 e. The molecule has 0 aromatic carbocycles. The first kappa shape index (κ1) is 11.6. The van der Waals surface area contributed by atoms with E-state index in [1.54, 1.807) is 6.92 Å². The molecule has 0 aliphatic heterocycles. The van der Waals surface area contributed by atoms with E-state index in [4.69, 9.17) is 10.2 Å². The predicted octanol–water partition coefficient (Wildman–Crippen LogP) is 0.578. The molecule has 0 aliphatic rings. The molecular weight excluding hydrogens is 218 g/mol. The van der Waals surface area contributed by atoms with E-state index in [2.05, 4.69) is 4.98 Å². The molecule has 0 bridgehead atoms. The van der Waals surface area contributed by atoms with Crippen molar-refractivity contribution in [3.05, 3.63) is 11.5 Å². The minimum atomic E-state index is -0.861. The van der Waals surface area contributed by atoms with Gasteiger partial charge in [-0.3, -0.25) is 10.1 Å². The Kier molecular flexibility index (Phi) is 3.73. The lowest BCUT2D eigenvalue weighted by atomic mass is 10.4. The summed E-state index contributed by atoms with van der Waals surface area (Å²) in [5, 5.41) is 2.35. The van der Waals surface area contributed by atoms with Crippen LogP contribution >= 0.6 is 11.8 Å². The Morgan fingerprint density at radius 1 is 1.53 bits per heavy atom. The zero-order valence-corrected chi connectivity index (χ0v) is 9.18. The summed E-state index contributed by atoms with van der Waals surface area (Å²) < 4.78 is 5.23. The molecule has 0 fully saturated rings. The summed E-state index contributed by atoms with van der Waals surface area (Å²) in [6.45, 7) is 3.60. The average Bonchev–Trinajstić information content (AvgIpc) is 2.42. The molecule has 15 heavy (non-hydrogen) atoms. The van der Waals surface area contributed by atoms with Crippen molar-refractivity contribution in [2.75, 3.05) is 5.75 Å². The number of carbonyl (C=O) groups is 2. The minimum Gasteiger partial charge on any atom is -0.437 e. The molecule has 3 N–H and O–H groups in total. The molecule has 3 amide bonds. The summed E-state index contributed by atoms with van der Waals surface area (Å²) >= 11 is 1.11. The standard InChI is InChI=1S/C8H11N3O3S/c1-4-5(2)14-8(10-4)15-3-6(12)11-7(9)13/h3H2,1-2H3,(H3,9,11,12,13). The van der Waals surface area contributed by atoms with Crippen LogP contribution in [0.3, 0.4) is 0 Å². The van der Waals surface area contributed by atoms with Crippen LogP contribution in [0.1, 0.15) is 11.5 Å². The van der Waals surface area contributed by atoms with E-state index in [0.717, 1.165) is 17.5 Å².